The first kappa shape index (κ1) is 22.6. The second-order valence-electron chi connectivity index (χ2n) is 8.54. The second-order valence-corrected chi connectivity index (χ2v) is 8.54. The fourth-order valence-electron chi connectivity index (χ4n) is 3.57. The lowest BCUT2D eigenvalue weighted by atomic mass is 9.65. The average Bonchev–Trinajstić information content (AvgIpc) is 3.23. The molecule has 0 saturated carbocycles. The van der Waals surface area contributed by atoms with E-state index in [1.807, 2.05) is 13.8 Å². The van der Waals surface area contributed by atoms with Gasteiger partial charge in [0.25, 0.3) is 0 Å². The van der Waals surface area contributed by atoms with Crippen LogP contribution in [0.15, 0.2) is 4.99 Å². The van der Waals surface area contributed by atoms with Crippen LogP contribution in [0.1, 0.15) is 68.2 Å². The summed E-state index contributed by atoms with van der Waals surface area (Å²) in [6, 6.07) is 0. The van der Waals surface area contributed by atoms with Gasteiger partial charge in [-0.15, -0.1) is 0 Å². The van der Waals surface area contributed by atoms with Gasteiger partial charge in [-0.05, 0) is 46.5 Å². The SMILES string of the molecule is CCC(CC)(C(C=NC(=O)OC(C)(C)C)C(=O)OC)C1OC1(C)C(C)C. The Morgan fingerprint density at radius 1 is 1.23 bits per heavy atom. The molecule has 6 heteroatoms. The van der Waals surface area contributed by atoms with Crippen molar-refractivity contribution in [2.75, 3.05) is 7.11 Å². The Morgan fingerprint density at radius 3 is 2.12 bits per heavy atom. The van der Waals surface area contributed by atoms with Crippen LogP contribution >= 0.6 is 0 Å². The Balaban J connectivity index is 3.19. The third-order valence-corrected chi connectivity index (χ3v) is 5.62. The zero-order valence-corrected chi connectivity index (χ0v) is 17.7. The summed E-state index contributed by atoms with van der Waals surface area (Å²) in [6.07, 6.45) is 1.98. The fourth-order valence-corrected chi connectivity index (χ4v) is 3.57. The number of amides is 1. The lowest BCUT2D eigenvalue weighted by Crippen LogP contribution is -2.44. The van der Waals surface area contributed by atoms with Crippen LogP contribution in [0.4, 0.5) is 4.79 Å². The van der Waals surface area contributed by atoms with Crippen molar-refractivity contribution in [1.82, 2.24) is 0 Å². The van der Waals surface area contributed by atoms with Crippen molar-refractivity contribution in [2.24, 2.45) is 22.2 Å². The van der Waals surface area contributed by atoms with Gasteiger partial charge in [-0.2, -0.15) is 4.99 Å². The number of carbonyl (C=O) groups excluding carboxylic acids is 2. The molecule has 0 aromatic rings. The van der Waals surface area contributed by atoms with Crippen molar-refractivity contribution in [2.45, 2.75) is 85.5 Å². The first-order valence-corrected chi connectivity index (χ1v) is 9.40. The van der Waals surface area contributed by atoms with Crippen molar-refractivity contribution in [3.05, 3.63) is 0 Å². The molecule has 0 spiro atoms. The van der Waals surface area contributed by atoms with Crippen LogP contribution in [0, 0.1) is 17.3 Å². The van der Waals surface area contributed by atoms with Crippen molar-refractivity contribution >= 4 is 18.3 Å². The second kappa shape index (κ2) is 8.07. The van der Waals surface area contributed by atoms with Gasteiger partial charge in [0.15, 0.2) is 0 Å². The molecule has 1 saturated heterocycles. The largest absolute Gasteiger partial charge is 0.469 e. The minimum Gasteiger partial charge on any atom is -0.469 e. The summed E-state index contributed by atoms with van der Waals surface area (Å²) in [5, 5.41) is 0. The lowest BCUT2D eigenvalue weighted by Gasteiger charge is -2.36. The number of ether oxygens (including phenoxy) is 3. The van der Waals surface area contributed by atoms with Gasteiger partial charge in [-0.1, -0.05) is 27.7 Å². The van der Waals surface area contributed by atoms with Crippen molar-refractivity contribution in [1.29, 1.82) is 0 Å². The average molecular weight is 370 g/mol. The number of epoxide rings is 1. The van der Waals surface area contributed by atoms with Crippen molar-refractivity contribution < 1.29 is 23.8 Å². The maximum Gasteiger partial charge on any atom is 0.433 e. The topological polar surface area (TPSA) is 77.5 Å². The molecule has 6 nitrogen and oxygen atoms in total. The molecule has 1 heterocycles. The third-order valence-electron chi connectivity index (χ3n) is 5.62. The maximum atomic E-state index is 12.6. The number of hydrogen-bond acceptors (Lipinski definition) is 5. The molecule has 1 amide bonds. The van der Waals surface area contributed by atoms with E-state index in [0.29, 0.717) is 18.8 Å². The van der Waals surface area contributed by atoms with Gasteiger partial charge in [0, 0.05) is 11.6 Å². The molecule has 0 aromatic heterocycles. The van der Waals surface area contributed by atoms with Crippen LogP contribution in [0.5, 0.6) is 0 Å². The molecule has 1 aliphatic heterocycles. The number of aliphatic imine (C=N–C) groups is 1. The summed E-state index contributed by atoms with van der Waals surface area (Å²) >= 11 is 0. The monoisotopic (exact) mass is 369 g/mol. The molecule has 150 valence electrons. The Kier molecular flexibility index (Phi) is 7.02. The van der Waals surface area contributed by atoms with E-state index in [2.05, 4.69) is 25.8 Å². The van der Waals surface area contributed by atoms with Gasteiger partial charge in [0.2, 0.25) is 0 Å². The Morgan fingerprint density at radius 2 is 1.77 bits per heavy atom. The minimum atomic E-state index is -0.712. The predicted molar refractivity (Wildman–Crippen MR) is 101 cm³/mol. The zero-order valence-electron chi connectivity index (χ0n) is 17.7. The summed E-state index contributed by atoms with van der Waals surface area (Å²) in [5.41, 5.74) is -1.42. The van der Waals surface area contributed by atoms with Gasteiger partial charge < -0.3 is 14.2 Å². The highest BCUT2D eigenvalue weighted by molar-refractivity contribution is 5.94. The van der Waals surface area contributed by atoms with E-state index in [-0.39, 0.29) is 11.7 Å². The van der Waals surface area contributed by atoms with E-state index in [9.17, 15) is 9.59 Å². The molecule has 0 N–H and O–H groups in total. The highest BCUT2D eigenvalue weighted by Gasteiger charge is 2.66. The number of carbonyl (C=O) groups is 2. The van der Waals surface area contributed by atoms with Gasteiger partial charge in [-0.3, -0.25) is 4.79 Å². The molecular formula is C20H35NO5. The van der Waals surface area contributed by atoms with Gasteiger partial charge in [0.1, 0.15) is 11.5 Å². The molecule has 1 rings (SSSR count). The Hall–Kier alpha value is -1.43. The van der Waals surface area contributed by atoms with Crippen LogP contribution in [0.3, 0.4) is 0 Å². The van der Waals surface area contributed by atoms with Crippen LogP contribution in [0.25, 0.3) is 0 Å². The predicted octanol–water partition coefficient (Wildman–Crippen LogP) is 4.40. The van der Waals surface area contributed by atoms with E-state index in [0.717, 1.165) is 0 Å². The van der Waals surface area contributed by atoms with Crippen LogP contribution in [-0.4, -0.2) is 42.7 Å². The first-order chi connectivity index (χ1) is 11.9. The molecule has 0 radical (unpaired) electrons. The lowest BCUT2D eigenvalue weighted by molar-refractivity contribution is -0.147. The number of hydrogen-bond donors (Lipinski definition) is 0. The molecule has 1 fully saturated rings. The quantitative estimate of drug-likeness (QED) is 0.377. The summed E-state index contributed by atoms with van der Waals surface area (Å²) in [4.78, 5) is 28.5. The smallest absolute Gasteiger partial charge is 0.433 e. The van der Waals surface area contributed by atoms with Crippen LogP contribution in [-0.2, 0) is 19.0 Å². The Bertz CT molecular complexity index is 545. The van der Waals surface area contributed by atoms with Crippen LogP contribution in [0.2, 0.25) is 0 Å². The number of esters is 1. The molecule has 3 atom stereocenters. The molecular weight excluding hydrogens is 334 g/mol. The fraction of sp³-hybridized carbons (Fsp3) is 0.850. The zero-order chi connectivity index (χ0) is 20.3. The standard InChI is InChI=1S/C20H35NO5/c1-10-20(11-2,16-19(8,25-16)13(3)4)14(15(22)24-9)12-21-17(23)26-18(5,6)7/h12-14,16H,10-11H2,1-9H3. The number of methoxy groups -OCH3 is 1. The van der Waals surface area contributed by atoms with Gasteiger partial charge >= 0.3 is 12.1 Å². The van der Waals surface area contributed by atoms with E-state index < -0.39 is 29.0 Å². The number of nitrogens with zero attached hydrogens (tertiary/aromatic N) is 1. The molecule has 0 bridgehead atoms. The van der Waals surface area contributed by atoms with Crippen LogP contribution < -0.4 is 0 Å². The highest BCUT2D eigenvalue weighted by atomic mass is 16.6. The van der Waals surface area contributed by atoms with Gasteiger partial charge in [-0.25, -0.2) is 4.79 Å². The normalized spacial score (nSPS) is 24.6. The molecule has 0 aliphatic carbocycles. The molecule has 1 aliphatic rings. The molecule has 0 aromatic carbocycles. The summed E-state index contributed by atoms with van der Waals surface area (Å²) in [5.74, 6) is -0.783. The Labute approximate surface area is 157 Å². The van der Waals surface area contributed by atoms with E-state index in [4.69, 9.17) is 14.2 Å². The summed E-state index contributed by atoms with van der Waals surface area (Å²) in [6.45, 7) is 15.7. The van der Waals surface area contributed by atoms with E-state index in [1.165, 1.54) is 13.3 Å². The minimum absolute atomic E-state index is 0.0980. The third kappa shape index (κ3) is 4.64. The molecule has 3 unspecified atom stereocenters. The first-order valence-electron chi connectivity index (χ1n) is 9.40. The van der Waals surface area contributed by atoms with Crippen molar-refractivity contribution in [3.63, 3.8) is 0 Å². The highest BCUT2D eigenvalue weighted by Crippen LogP contribution is 2.57. The molecule has 26 heavy (non-hydrogen) atoms. The van der Waals surface area contributed by atoms with E-state index >= 15 is 0 Å². The summed E-state index contributed by atoms with van der Waals surface area (Å²) in [7, 11) is 1.35. The van der Waals surface area contributed by atoms with E-state index in [1.54, 1.807) is 20.8 Å². The maximum absolute atomic E-state index is 12.6. The number of rotatable bonds is 7. The summed E-state index contributed by atoms with van der Waals surface area (Å²) < 4.78 is 16.3. The van der Waals surface area contributed by atoms with Gasteiger partial charge in [0.05, 0.1) is 18.8 Å². The van der Waals surface area contributed by atoms with Crippen molar-refractivity contribution in [3.8, 4) is 0 Å².